The predicted octanol–water partition coefficient (Wildman–Crippen LogP) is 2.91. The van der Waals surface area contributed by atoms with Crippen LogP contribution in [0.25, 0.3) is 0 Å². The maximum absolute atomic E-state index is 12.3. The summed E-state index contributed by atoms with van der Waals surface area (Å²) in [5, 5.41) is 3.52. The summed E-state index contributed by atoms with van der Waals surface area (Å²) in [6, 6.07) is 8.94. The molecule has 0 saturated heterocycles. The molecule has 0 radical (unpaired) electrons. The molecule has 1 heterocycles. The van der Waals surface area contributed by atoms with Crippen LogP contribution in [0.1, 0.15) is 31.4 Å². The van der Waals surface area contributed by atoms with Crippen LogP contribution >= 0.6 is 0 Å². The van der Waals surface area contributed by atoms with Gasteiger partial charge in [0, 0.05) is 24.8 Å². The second-order valence-electron chi connectivity index (χ2n) is 4.49. The summed E-state index contributed by atoms with van der Waals surface area (Å²) in [6.45, 7) is 4.75. The molecule has 0 aliphatic carbocycles. The van der Waals surface area contributed by atoms with Crippen molar-refractivity contribution in [3.05, 3.63) is 29.8 Å². The van der Waals surface area contributed by atoms with Crippen molar-refractivity contribution in [1.82, 2.24) is 5.32 Å². The van der Waals surface area contributed by atoms with Crippen LogP contribution in [0.15, 0.2) is 24.3 Å². The summed E-state index contributed by atoms with van der Waals surface area (Å²) < 4.78 is 12.3. The lowest BCUT2D eigenvalue weighted by atomic mass is 9.96. The van der Waals surface area contributed by atoms with E-state index in [9.17, 15) is 4.39 Å². The Labute approximate surface area is 103 Å². The van der Waals surface area contributed by atoms with Gasteiger partial charge in [-0.25, -0.2) is 0 Å². The Morgan fingerprint density at radius 1 is 1.41 bits per heavy atom. The molecule has 1 N–H and O–H groups in total. The highest BCUT2D eigenvalue weighted by Crippen LogP contribution is 2.33. The molecular formula is C14H21FN2. The summed E-state index contributed by atoms with van der Waals surface area (Å²) in [7, 11) is 0. The zero-order valence-electron chi connectivity index (χ0n) is 10.5. The smallest absolute Gasteiger partial charge is 0.0911 e. The molecule has 2 nitrogen and oxygen atoms in total. The largest absolute Gasteiger partial charge is 0.371 e. The van der Waals surface area contributed by atoms with Crippen molar-refractivity contribution in [1.29, 1.82) is 0 Å². The van der Waals surface area contributed by atoms with Crippen molar-refractivity contribution >= 4 is 5.69 Å². The highest BCUT2D eigenvalue weighted by molar-refractivity contribution is 5.56. The third kappa shape index (κ3) is 2.78. The topological polar surface area (TPSA) is 15.3 Å². The molecule has 1 aromatic carbocycles. The van der Waals surface area contributed by atoms with Gasteiger partial charge in [0.25, 0.3) is 0 Å². The van der Waals surface area contributed by atoms with Gasteiger partial charge in [-0.15, -0.1) is 0 Å². The first-order chi connectivity index (χ1) is 8.36. The SMILES string of the molecule is CCNC1CCN(CCCF)c2ccccc21. The Kier molecular flexibility index (Phi) is 4.37. The number of nitrogens with zero attached hydrogens (tertiary/aromatic N) is 1. The minimum Gasteiger partial charge on any atom is -0.371 e. The number of alkyl halides is 1. The van der Waals surface area contributed by atoms with E-state index in [-0.39, 0.29) is 6.67 Å². The fourth-order valence-corrected chi connectivity index (χ4v) is 2.57. The molecule has 0 spiro atoms. The number of hydrogen-bond acceptors (Lipinski definition) is 2. The molecule has 1 aliphatic heterocycles. The van der Waals surface area contributed by atoms with Gasteiger partial charge in [-0.05, 0) is 31.0 Å². The summed E-state index contributed by atoms with van der Waals surface area (Å²) in [6.07, 6.45) is 1.73. The van der Waals surface area contributed by atoms with E-state index in [1.54, 1.807) is 0 Å². The van der Waals surface area contributed by atoms with Crippen LogP contribution in [0.5, 0.6) is 0 Å². The maximum Gasteiger partial charge on any atom is 0.0911 e. The van der Waals surface area contributed by atoms with Crippen molar-refractivity contribution < 1.29 is 4.39 Å². The fraction of sp³-hybridized carbons (Fsp3) is 0.571. The van der Waals surface area contributed by atoms with Crippen LogP contribution in [0.2, 0.25) is 0 Å². The Hall–Kier alpha value is -1.09. The number of hydrogen-bond donors (Lipinski definition) is 1. The third-order valence-electron chi connectivity index (χ3n) is 3.35. The molecule has 1 aliphatic rings. The molecule has 1 atom stereocenters. The Bertz CT molecular complexity index is 354. The predicted molar refractivity (Wildman–Crippen MR) is 70.3 cm³/mol. The van der Waals surface area contributed by atoms with Gasteiger partial charge in [-0.1, -0.05) is 25.1 Å². The zero-order chi connectivity index (χ0) is 12.1. The standard InChI is InChI=1S/C14H21FN2/c1-2-16-13-8-11-17(10-5-9-15)14-7-4-3-6-12(13)14/h3-4,6-7,13,16H,2,5,8-11H2,1H3. The van der Waals surface area contributed by atoms with Crippen molar-refractivity contribution in [2.24, 2.45) is 0 Å². The second-order valence-corrected chi connectivity index (χ2v) is 4.49. The minimum atomic E-state index is -0.227. The number of nitrogens with one attached hydrogen (secondary N) is 1. The van der Waals surface area contributed by atoms with Crippen molar-refractivity contribution in [2.45, 2.75) is 25.8 Å². The maximum atomic E-state index is 12.3. The molecule has 0 amide bonds. The summed E-state index contributed by atoms with van der Waals surface area (Å²) in [4.78, 5) is 2.31. The Balaban J connectivity index is 2.17. The van der Waals surface area contributed by atoms with E-state index < -0.39 is 0 Å². The van der Waals surface area contributed by atoms with Gasteiger partial charge in [-0.2, -0.15) is 0 Å². The molecule has 94 valence electrons. The number of para-hydroxylation sites is 1. The normalized spacial score (nSPS) is 19.2. The van der Waals surface area contributed by atoms with Gasteiger partial charge in [-0.3, -0.25) is 4.39 Å². The Morgan fingerprint density at radius 2 is 2.24 bits per heavy atom. The van der Waals surface area contributed by atoms with Crippen LogP contribution in [0.4, 0.5) is 10.1 Å². The van der Waals surface area contributed by atoms with Crippen molar-refractivity contribution in [3.63, 3.8) is 0 Å². The molecule has 2 rings (SSSR count). The van der Waals surface area contributed by atoms with E-state index in [0.717, 1.165) is 26.1 Å². The number of rotatable bonds is 5. The third-order valence-corrected chi connectivity index (χ3v) is 3.35. The first kappa shape index (κ1) is 12.4. The molecular weight excluding hydrogens is 215 g/mol. The van der Waals surface area contributed by atoms with Crippen LogP contribution < -0.4 is 10.2 Å². The highest BCUT2D eigenvalue weighted by atomic mass is 19.1. The quantitative estimate of drug-likeness (QED) is 0.845. The van der Waals surface area contributed by atoms with E-state index in [2.05, 4.69) is 41.4 Å². The number of anilines is 1. The van der Waals surface area contributed by atoms with Gasteiger partial charge < -0.3 is 10.2 Å². The van der Waals surface area contributed by atoms with E-state index in [4.69, 9.17) is 0 Å². The molecule has 1 unspecified atom stereocenters. The van der Waals surface area contributed by atoms with E-state index in [0.29, 0.717) is 12.5 Å². The zero-order valence-corrected chi connectivity index (χ0v) is 10.5. The molecule has 1 aromatic rings. The minimum absolute atomic E-state index is 0.227. The molecule has 3 heteroatoms. The van der Waals surface area contributed by atoms with Crippen molar-refractivity contribution in [3.8, 4) is 0 Å². The monoisotopic (exact) mass is 236 g/mol. The average Bonchev–Trinajstić information content (AvgIpc) is 2.38. The average molecular weight is 236 g/mol. The number of fused-ring (bicyclic) bond motifs is 1. The number of benzene rings is 1. The Morgan fingerprint density at radius 3 is 3.00 bits per heavy atom. The fourth-order valence-electron chi connectivity index (χ4n) is 2.57. The van der Waals surface area contributed by atoms with Crippen LogP contribution in [-0.4, -0.2) is 26.3 Å². The van der Waals surface area contributed by atoms with E-state index >= 15 is 0 Å². The lowest BCUT2D eigenvalue weighted by Gasteiger charge is -2.36. The van der Waals surface area contributed by atoms with Gasteiger partial charge in [0.1, 0.15) is 0 Å². The molecule has 17 heavy (non-hydrogen) atoms. The van der Waals surface area contributed by atoms with Crippen LogP contribution in [0.3, 0.4) is 0 Å². The second kappa shape index (κ2) is 6.01. The lowest BCUT2D eigenvalue weighted by molar-refractivity contribution is 0.453. The van der Waals surface area contributed by atoms with E-state index in [1.165, 1.54) is 11.3 Å². The van der Waals surface area contributed by atoms with Crippen LogP contribution in [-0.2, 0) is 0 Å². The summed E-state index contributed by atoms with van der Waals surface area (Å²) >= 11 is 0. The van der Waals surface area contributed by atoms with Gasteiger partial charge in [0.2, 0.25) is 0 Å². The number of halogens is 1. The van der Waals surface area contributed by atoms with Crippen molar-refractivity contribution in [2.75, 3.05) is 31.2 Å². The van der Waals surface area contributed by atoms with Crippen LogP contribution in [0, 0.1) is 0 Å². The lowest BCUT2D eigenvalue weighted by Crippen LogP contribution is -2.36. The van der Waals surface area contributed by atoms with Gasteiger partial charge in [0.05, 0.1) is 6.67 Å². The van der Waals surface area contributed by atoms with E-state index in [1.807, 2.05) is 0 Å². The first-order valence-corrected chi connectivity index (χ1v) is 6.50. The summed E-state index contributed by atoms with van der Waals surface area (Å²) in [5.41, 5.74) is 2.64. The molecule has 0 fully saturated rings. The van der Waals surface area contributed by atoms with Gasteiger partial charge >= 0.3 is 0 Å². The first-order valence-electron chi connectivity index (χ1n) is 6.50. The summed E-state index contributed by atoms with van der Waals surface area (Å²) in [5.74, 6) is 0. The molecule has 0 bridgehead atoms. The molecule has 0 saturated carbocycles. The molecule has 0 aromatic heterocycles. The van der Waals surface area contributed by atoms with Gasteiger partial charge in [0.15, 0.2) is 0 Å². The highest BCUT2D eigenvalue weighted by Gasteiger charge is 2.23.